The van der Waals surface area contributed by atoms with Crippen molar-refractivity contribution in [3.63, 3.8) is 0 Å². The van der Waals surface area contributed by atoms with Gasteiger partial charge in [0, 0.05) is 24.4 Å². The number of carbonyl (C=O) groups is 1. The summed E-state index contributed by atoms with van der Waals surface area (Å²) in [6.45, 7) is 4.43. The summed E-state index contributed by atoms with van der Waals surface area (Å²) in [6.07, 6.45) is 4.75. The molecule has 1 saturated heterocycles. The highest BCUT2D eigenvalue weighted by Gasteiger charge is 2.18. The Morgan fingerprint density at radius 2 is 2.47 bits per heavy atom. The molecule has 0 aliphatic carbocycles. The van der Waals surface area contributed by atoms with Crippen molar-refractivity contribution >= 4 is 17.3 Å². The molecule has 1 atom stereocenters. The van der Waals surface area contributed by atoms with Crippen molar-refractivity contribution in [1.82, 2.24) is 9.88 Å². The molecule has 1 N–H and O–H groups in total. The van der Waals surface area contributed by atoms with Gasteiger partial charge in [-0.2, -0.15) is 0 Å². The van der Waals surface area contributed by atoms with Gasteiger partial charge in [0.2, 0.25) is 0 Å². The molecule has 0 amide bonds. The molecule has 0 radical (unpaired) electrons. The molecule has 2 heterocycles. The van der Waals surface area contributed by atoms with E-state index < -0.39 is 5.97 Å². The van der Waals surface area contributed by atoms with Gasteiger partial charge in [0.1, 0.15) is 0 Å². The van der Waals surface area contributed by atoms with Crippen LogP contribution in [0.1, 0.15) is 41.7 Å². The molecule has 0 bridgehead atoms. The molecule has 1 aliphatic heterocycles. The molecule has 94 valence electrons. The number of aromatic nitrogens is 1. The molecule has 17 heavy (non-hydrogen) atoms. The van der Waals surface area contributed by atoms with Crippen LogP contribution < -0.4 is 0 Å². The van der Waals surface area contributed by atoms with Crippen molar-refractivity contribution in [3.8, 4) is 0 Å². The Bertz CT molecular complexity index is 392. The standard InChI is InChI=1S/C12H18N2O2S/c1-9-4-2-3-6-14(9)7-5-11-13-10(8-17-11)12(15)16/h8-9H,2-7H2,1H3,(H,15,16). The van der Waals surface area contributed by atoms with Crippen molar-refractivity contribution in [1.29, 1.82) is 0 Å². The summed E-state index contributed by atoms with van der Waals surface area (Å²) in [5, 5.41) is 11.3. The van der Waals surface area contributed by atoms with E-state index in [1.54, 1.807) is 5.38 Å². The van der Waals surface area contributed by atoms with Crippen molar-refractivity contribution in [3.05, 3.63) is 16.1 Å². The second kappa shape index (κ2) is 5.60. The molecule has 0 spiro atoms. The van der Waals surface area contributed by atoms with Crippen molar-refractivity contribution in [2.75, 3.05) is 13.1 Å². The Balaban J connectivity index is 1.86. The van der Waals surface area contributed by atoms with E-state index in [4.69, 9.17) is 5.11 Å². The maximum absolute atomic E-state index is 10.7. The van der Waals surface area contributed by atoms with Gasteiger partial charge in [-0.15, -0.1) is 11.3 Å². The SMILES string of the molecule is CC1CCCCN1CCc1nc(C(=O)O)cs1. The summed E-state index contributed by atoms with van der Waals surface area (Å²) in [7, 11) is 0. The topological polar surface area (TPSA) is 53.4 Å². The third-order valence-electron chi connectivity index (χ3n) is 3.32. The summed E-state index contributed by atoms with van der Waals surface area (Å²) < 4.78 is 0. The highest BCUT2D eigenvalue weighted by atomic mass is 32.1. The molecule has 5 heteroatoms. The number of piperidine rings is 1. The summed E-state index contributed by atoms with van der Waals surface area (Å²) in [6, 6.07) is 0.655. The van der Waals surface area contributed by atoms with Gasteiger partial charge < -0.3 is 10.0 Å². The summed E-state index contributed by atoms with van der Waals surface area (Å²) in [5.41, 5.74) is 0.177. The Morgan fingerprint density at radius 1 is 1.65 bits per heavy atom. The predicted octanol–water partition coefficient (Wildman–Crippen LogP) is 2.26. The van der Waals surface area contributed by atoms with Crippen LogP contribution in [-0.2, 0) is 6.42 Å². The summed E-state index contributed by atoms with van der Waals surface area (Å²) in [4.78, 5) is 17.3. The molecule has 0 aromatic carbocycles. The van der Waals surface area contributed by atoms with E-state index in [1.165, 1.54) is 37.1 Å². The summed E-state index contributed by atoms with van der Waals surface area (Å²) in [5.74, 6) is -0.932. The zero-order valence-electron chi connectivity index (χ0n) is 10.1. The minimum atomic E-state index is -0.932. The quantitative estimate of drug-likeness (QED) is 0.895. The van der Waals surface area contributed by atoms with Crippen LogP contribution >= 0.6 is 11.3 Å². The normalized spacial score (nSPS) is 21.6. The van der Waals surface area contributed by atoms with Crippen LogP contribution in [0.25, 0.3) is 0 Å². The van der Waals surface area contributed by atoms with Crippen molar-refractivity contribution < 1.29 is 9.90 Å². The lowest BCUT2D eigenvalue weighted by Gasteiger charge is -2.32. The van der Waals surface area contributed by atoms with Gasteiger partial charge in [-0.1, -0.05) is 6.42 Å². The second-order valence-corrected chi connectivity index (χ2v) is 5.51. The number of carboxylic acids is 1. The van der Waals surface area contributed by atoms with E-state index in [9.17, 15) is 4.79 Å². The molecule has 1 unspecified atom stereocenters. The molecule has 4 nitrogen and oxygen atoms in total. The van der Waals surface area contributed by atoms with Crippen molar-refractivity contribution in [2.24, 2.45) is 0 Å². The number of rotatable bonds is 4. The third kappa shape index (κ3) is 3.26. The second-order valence-electron chi connectivity index (χ2n) is 4.56. The average Bonchev–Trinajstić information content (AvgIpc) is 2.77. The van der Waals surface area contributed by atoms with Gasteiger partial charge in [0.15, 0.2) is 5.69 Å². The smallest absolute Gasteiger partial charge is 0.355 e. The van der Waals surface area contributed by atoms with E-state index >= 15 is 0 Å². The Hall–Kier alpha value is -0.940. The lowest BCUT2D eigenvalue weighted by Crippen LogP contribution is -2.38. The zero-order chi connectivity index (χ0) is 12.3. The van der Waals surface area contributed by atoms with E-state index in [0.717, 1.165) is 18.0 Å². The Kier molecular flexibility index (Phi) is 4.12. The predicted molar refractivity (Wildman–Crippen MR) is 67.7 cm³/mol. The minimum Gasteiger partial charge on any atom is -0.476 e. The first-order chi connectivity index (χ1) is 8.16. The first-order valence-corrected chi connectivity index (χ1v) is 6.96. The average molecular weight is 254 g/mol. The van der Waals surface area contributed by atoms with Crippen molar-refractivity contribution in [2.45, 2.75) is 38.6 Å². The number of thiazole rings is 1. The molecule has 1 aromatic heterocycles. The van der Waals surface area contributed by atoms with Crippen LogP contribution in [0.2, 0.25) is 0 Å². The monoisotopic (exact) mass is 254 g/mol. The number of hydrogen-bond acceptors (Lipinski definition) is 4. The number of hydrogen-bond donors (Lipinski definition) is 1. The number of nitrogens with zero attached hydrogens (tertiary/aromatic N) is 2. The van der Waals surface area contributed by atoms with Gasteiger partial charge in [0.25, 0.3) is 0 Å². The van der Waals surface area contributed by atoms with Crippen LogP contribution in [0.5, 0.6) is 0 Å². The fourth-order valence-corrected chi connectivity index (χ4v) is 3.01. The van der Waals surface area contributed by atoms with Gasteiger partial charge in [-0.25, -0.2) is 9.78 Å². The van der Waals surface area contributed by atoms with Crippen LogP contribution in [-0.4, -0.2) is 40.1 Å². The lowest BCUT2D eigenvalue weighted by atomic mass is 10.0. The van der Waals surface area contributed by atoms with E-state index in [0.29, 0.717) is 6.04 Å². The first-order valence-electron chi connectivity index (χ1n) is 6.08. The van der Waals surface area contributed by atoms with E-state index in [2.05, 4.69) is 16.8 Å². The minimum absolute atomic E-state index is 0.177. The number of carboxylic acid groups (broad SMARTS) is 1. The fourth-order valence-electron chi connectivity index (χ4n) is 2.25. The maximum atomic E-state index is 10.7. The maximum Gasteiger partial charge on any atom is 0.355 e. The molecule has 1 aromatic rings. The van der Waals surface area contributed by atoms with Gasteiger partial charge >= 0.3 is 5.97 Å². The fraction of sp³-hybridized carbons (Fsp3) is 0.667. The number of aromatic carboxylic acids is 1. The van der Waals surface area contributed by atoms with Crippen LogP contribution in [0.4, 0.5) is 0 Å². The van der Waals surface area contributed by atoms with Crippen LogP contribution in [0.15, 0.2) is 5.38 Å². The van der Waals surface area contributed by atoms with E-state index in [-0.39, 0.29) is 5.69 Å². The molecule has 0 saturated carbocycles. The van der Waals surface area contributed by atoms with Gasteiger partial charge in [-0.3, -0.25) is 0 Å². The molecule has 1 aliphatic rings. The lowest BCUT2D eigenvalue weighted by molar-refractivity contribution is 0.0691. The summed E-state index contributed by atoms with van der Waals surface area (Å²) >= 11 is 1.45. The van der Waals surface area contributed by atoms with Crippen LogP contribution in [0.3, 0.4) is 0 Å². The Morgan fingerprint density at radius 3 is 3.12 bits per heavy atom. The third-order valence-corrected chi connectivity index (χ3v) is 4.23. The zero-order valence-corrected chi connectivity index (χ0v) is 10.9. The van der Waals surface area contributed by atoms with E-state index in [1.807, 2.05) is 0 Å². The molecular weight excluding hydrogens is 236 g/mol. The number of likely N-dealkylation sites (tertiary alicyclic amines) is 1. The highest BCUT2D eigenvalue weighted by Crippen LogP contribution is 2.17. The Labute approximate surface area is 105 Å². The first kappa shape index (κ1) is 12.5. The van der Waals surface area contributed by atoms with Gasteiger partial charge in [0.05, 0.1) is 5.01 Å². The molecule has 2 rings (SSSR count). The largest absolute Gasteiger partial charge is 0.476 e. The molecule has 1 fully saturated rings. The van der Waals surface area contributed by atoms with Crippen LogP contribution in [0, 0.1) is 0 Å². The van der Waals surface area contributed by atoms with Gasteiger partial charge in [-0.05, 0) is 26.3 Å². The molecular formula is C12H18N2O2S. The highest BCUT2D eigenvalue weighted by molar-refractivity contribution is 7.09.